The Labute approximate surface area is 204 Å². The number of nitrogens with zero attached hydrogens (tertiary/aromatic N) is 2. The zero-order valence-electron chi connectivity index (χ0n) is 21.6. The number of carboxylic acid groups (broad SMARTS) is 1. The zero-order chi connectivity index (χ0) is 25.5. The molecule has 3 unspecified atom stereocenters. The molecule has 10 heteroatoms. The number of amides is 3. The minimum Gasteiger partial charge on any atom is -0.480 e. The van der Waals surface area contributed by atoms with E-state index in [1.807, 2.05) is 12.2 Å². The smallest absolute Gasteiger partial charge is 0.480 e. The largest absolute Gasteiger partial charge is 0.491 e. The molecule has 1 radical (unpaired) electrons. The number of allylic oxidation sites excluding steroid dienone is 2. The van der Waals surface area contributed by atoms with Gasteiger partial charge in [0.05, 0.1) is 13.7 Å². The fraction of sp³-hybridized carbons (Fsp3) is 0.792. The number of aliphatic carboxylic acids is 1. The molecule has 0 aromatic rings. The normalized spacial score (nSPS) is 26.9. The van der Waals surface area contributed by atoms with E-state index in [2.05, 4.69) is 39.2 Å². The van der Waals surface area contributed by atoms with Gasteiger partial charge in [-0.1, -0.05) is 44.2 Å². The Bertz CT molecular complexity index is 751. The first-order valence-electron chi connectivity index (χ1n) is 12.4. The minimum atomic E-state index is -2.14. The summed E-state index contributed by atoms with van der Waals surface area (Å²) < 4.78 is 6.54. The van der Waals surface area contributed by atoms with E-state index in [0.717, 1.165) is 25.7 Å². The van der Waals surface area contributed by atoms with Crippen molar-refractivity contribution < 1.29 is 28.8 Å². The van der Waals surface area contributed by atoms with Crippen LogP contribution < -0.4 is 10.2 Å². The van der Waals surface area contributed by atoms with Crippen LogP contribution in [0.5, 0.6) is 0 Å². The van der Waals surface area contributed by atoms with Crippen molar-refractivity contribution >= 4 is 26.2 Å². The number of carboxylic acids is 1. The van der Waals surface area contributed by atoms with E-state index >= 15 is 0 Å². The highest BCUT2D eigenvalue weighted by atomic mass is 28.4. The Morgan fingerprint density at radius 3 is 2.47 bits per heavy atom. The number of hydrogen-bond donors (Lipinski definition) is 2. The summed E-state index contributed by atoms with van der Waals surface area (Å²) in [5.41, 5.74) is 0. The quantitative estimate of drug-likeness (QED) is 0.348. The summed E-state index contributed by atoms with van der Waals surface area (Å²) in [5, 5.41) is 13.6. The van der Waals surface area contributed by atoms with E-state index < -0.39 is 32.3 Å². The minimum absolute atomic E-state index is 0.0189. The average Bonchev–Trinajstić information content (AvgIpc) is 3.15. The van der Waals surface area contributed by atoms with Crippen molar-refractivity contribution in [2.75, 3.05) is 20.2 Å². The van der Waals surface area contributed by atoms with E-state index in [1.54, 1.807) is 0 Å². The van der Waals surface area contributed by atoms with Gasteiger partial charge in [0.15, 0.2) is 14.9 Å². The van der Waals surface area contributed by atoms with E-state index in [9.17, 15) is 19.5 Å². The Hall–Kier alpha value is -1.75. The molecule has 0 saturated carbocycles. The van der Waals surface area contributed by atoms with Crippen molar-refractivity contribution in [1.82, 2.24) is 15.3 Å². The van der Waals surface area contributed by atoms with Crippen LogP contribution in [0.3, 0.4) is 0 Å². The lowest BCUT2D eigenvalue weighted by atomic mass is 10.1. The third-order valence-corrected chi connectivity index (χ3v) is 11.7. The molecule has 1 fully saturated rings. The van der Waals surface area contributed by atoms with Crippen LogP contribution in [0.2, 0.25) is 18.1 Å². The Morgan fingerprint density at radius 2 is 1.85 bits per heavy atom. The van der Waals surface area contributed by atoms with Crippen LogP contribution in [0.1, 0.15) is 65.7 Å². The first-order valence-corrected chi connectivity index (χ1v) is 15.3. The number of nitrogens with one attached hydrogen (secondary N) is 1. The second kappa shape index (κ2) is 12.3. The molecule has 193 valence electrons. The van der Waals surface area contributed by atoms with Crippen molar-refractivity contribution in [3.05, 3.63) is 12.2 Å². The van der Waals surface area contributed by atoms with Gasteiger partial charge in [0.2, 0.25) is 6.04 Å². The number of rotatable bonds is 4. The SMILES string of the molecule is CON1CCCCCC=CCCC(C(=O)O)NC(=O)C2CC(O[Si](C)(C)C(C)(C)C)C[N+]2C1=O. The summed E-state index contributed by atoms with van der Waals surface area (Å²) in [5.74, 6) is -1.54. The topological polar surface area (TPSA) is 111 Å². The molecule has 2 aliphatic heterocycles. The molecule has 0 aromatic heterocycles. The van der Waals surface area contributed by atoms with Gasteiger partial charge in [0, 0.05) is 6.42 Å². The van der Waals surface area contributed by atoms with E-state index in [1.165, 1.54) is 17.1 Å². The van der Waals surface area contributed by atoms with Gasteiger partial charge in [-0.2, -0.15) is 9.86 Å². The van der Waals surface area contributed by atoms with Crippen LogP contribution in [0.15, 0.2) is 12.2 Å². The van der Waals surface area contributed by atoms with Crippen LogP contribution in [0.4, 0.5) is 4.79 Å². The first kappa shape index (κ1) is 28.5. The summed E-state index contributed by atoms with van der Waals surface area (Å²) in [6.45, 7) is 11.4. The van der Waals surface area contributed by atoms with Gasteiger partial charge in [-0.25, -0.2) is 4.79 Å². The molecule has 0 aromatic carbocycles. The van der Waals surface area contributed by atoms with Gasteiger partial charge in [0.25, 0.3) is 5.91 Å². The zero-order valence-corrected chi connectivity index (χ0v) is 22.6. The molecule has 1 saturated heterocycles. The van der Waals surface area contributed by atoms with Gasteiger partial charge in [-0.15, -0.1) is 0 Å². The molecule has 9 nitrogen and oxygen atoms in total. The second-order valence-corrected chi connectivity index (χ2v) is 15.5. The summed E-state index contributed by atoms with van der Waals surface area (Å²) in [6.07, 6.45) is 8.53. The Kier molecular flexibility index (Phi) is 10.3. The maximum absolute atomic E-state index is 13.4. The summed E-state index contributed by atoms with van der Waals surface area (Å²) >= 11 is 0. The van der Waals surface area contributed by atoms with Crippen molar-refractivity contribution in [3.8, 4) is 0 Å². The maximum Gasteiger partial charge on any atom is 0.491 e. The lowest BCUT2D eigenvalue weighted by Gasteiger charge is -2.37. The molecule has 2 N–H and O–H groups in total. The molecule has 0 aliphatic carbocycles. The Morgan fingerprint density at radius 1 is 1.18 bits per heavy atom. The number of fused-ring (bicyclic) bond motifs is 1. The first-order chi connectivity index (χ1) is 15.9. The van der Waals surface area contributed by atoms with Crippen LogP contribution >= 0.6 is 0 Å². The highest BCUT2D eigenvalue weighted by Crippen LogP contribution is 2.38. The van der Waals surface area contributed by atoms with Crippen molar-refractivity contribution in [1.29, 1.82) is 0 Å². The third-order valence-electron chi connectivity index (χ3n) is 7.15. The highest BCUT2D eigenvalue weighted by Gasteiger charge is 2.54. The standard InChI is InChI=1S/C24H43N3O6Si/c1-24(2,3)34(5,6)33-18-16-20-21(28)25-19(22(29)30)14-12-10-8-7-9-11-13-15-27(32-4)23(31)26(20)17-18/h8,10,18-20H,7,9,11-17H2,1-6H3,(H,25,28)(H,29,30)/q+1. The van der Waals surface area contributed by atoms with Crippen molar-refractivity contribution in [2.45, 2.75) is 102 Å². The summed E-state index contributed by atoms with van der Waals surface area (Å²) in [4.78, 5) is 45.3. The highest BCUT2D eigenvalue weighted by molar-refractivity contribution is 6.74. The predicted molar refractivity (Wildman–Crippen MR) is 133 cm³/mol. The van der Waals surface area contributed by atoms with Crippen LogP contribution in [0, 0.1) is 0 Å². The van der Waals surface area contributed by atoms with Gasteiger partial charge >= 0.3 is 12.0 Å². The van der Waals surface area contributed by atoms with Crippen LogP contribution in [-0.2, 0) is 18.9 Å². The number of carbonyl (C=O) groups excluding carboxylic acids is 2. The molecular weight excluding hydrogens is 454 g/mol. The van der Waals surface area contributed by atoms with Crippen LogP contribution in [-0.4, -0.2) is 74.8 Å². The number of urea groups is 1. The molecule has 34 heavy (non-hydrogen) atoms. The van der Waals surface area contributed by atoms with E-state index in [-0.39, 0.29) is 23.7 Å². The maximum atomic E-state index is 13.4. The Balaban J connectivity index is 2.30. The van der Waals surface area contributed by atoms with E-state index in [0.29, 0.717) is 25.8 Å². The fourth-order valence-electron chi connectivity index (χ4n) is 4.06. The van der Waals surface area contributed by atoms with Gasteiger partial charge in [-0.3, -0.25) is 9.63 Å². The fourth-order valence-corrected chi connectivity index (χ4v) is 5.42. The molecule has 3 atom stereocenters. The lowest BCUT2D eigenvalue weighted by molar-refractivity contribution is -0.142. The number of hydrogen-bond acceptors (Lipinski definition) is 5. The average molecular weight is 498 g/mol. The van der Waals surface area contributed by atoms with Crippen molar-refractivity contribution in [3.63, 3.8) is 0 Å². The molecule has 3 amide bonds. The van der Waals surface area contributed by atoms with Gasteiger partial charge < -0.3 is 14.8 Å². The van der Waals surface area contributed by atoms with Gasteiger partial charge in [0.1, 0.15) is 12.1 Å². The summed E-state index contributed by atoms with van der Waals surface area (Å²) in [6, 6.07) is -2.21. The molecule has 2 heterocycles. The molecule has 0 spiro atoms. The third kappa shape index (κ3) is 7.63. The monoisotopic (exact) mass is 497 g/mol. The number of hydroxylamine groups is 2. The van der Waals surface area contributed by atoms with Gasteiger partial charge in [-0.05, 0) is 50.2 Å². The van der Waals surface area contributed by atoms with E-state index in [4.69, 9.17) is 9.26 Å². The van der Waals surface area contributed by atoms with Crippen LogP contribution in [0.25, 0.3) is 0 Å². The molecule has 0 bridgehead atoms. The number of carbonyl (C=O) groups is 3. The second-order valence-electron chi connectivity index (χ2n) is 10.8. The molecular formula is C24H43N3O6Si+. The molecule has 2 aliphatic rings. The predicted octanol–water partition coefficient (Wildman–Crippen LogP) is 3.75. The lowest BCUT2D eigenvalue weighted by Crippen LogP contribution is -2.56. The molecule has 2 rings (SSSR count). The summed E-state index contributed by atoms with van der Waals surface area (Å²) in [7, 11) is -0.684. The van der Waals surface area contributed by atoms with Crippen molar-refractivity contribution in [2.24, 2.45) is 0 Å².